The Morgan fingerprint density at radius 1 is 1.29 bits per heavy atom. The van der Waals surface area contributed by atoms with Gasteiger partial charge in [-0.25, -0.2) is 4.39 Å². The molecule has 1 aromatic carbocycles. The number of amides is 2. The molecule has 0 heterocycles. The summed E-state index contributed by atoms with van der Waals surface area (Å²) in [5, 5.41) is 12.8. The highest BCUT2D eigenvalue weighted by atomic mass is 19.1. The number of hydrogen-bond donors (Lipinski definition) is 3. The van der Waals surface area contributed by atoms with E-state index in [4.69, 9.17) is 5.73 Å². The summed E-state index contributed by atoms with van der Waals surface area (Å²) in [5.41, 5.74) is 6.05. The fourth-order valence-electron chi connectivity index (χ4n) is 2.63. The van der Waals surface area contributed by atoms with E-state index in [1.165, 1.54) is 12.1 Å². The van der Waals surface area contributed by atoms with Crippen LogP contribution in [0.3, 0.4) is 0 Å². The molecule has 5 nitrogen and oxygen atoms in total. The van der Waals surface area contributed by atoms with Crippen molar-refractivity contribution in [3.05, 3.63) is 35.6 Å². The van der Waals surface area contributed by atoms with Crippen LogP contribution < -0.4 is 11.1 Å². The smallest absolute Gasteiger partial charge is 0.222 e. The van der Waals surface area contributed by atoms with Crippen LogP contribution in [0.2, 0.25) is 0 Å². The minimum absolute atomic E-state index is 0.156. The summed E-state index contributed by atoms with van der Waals surface area (Å²) in [4.78, 5) is 23.1. The Balaban J connectivity index is 2.52. The molecule has 0 fully saturated rings. The molecule has 24 heavy (non-hydrogen) atoms. The van der Waals surface area contributed by atoms with Crippen molar-refractivity contribution in [2.24, 2.45) is 17.6 Å². The van der Waals surface area contributed by atoms with Crippen LogP contribution in [-0.2, 0) is 16.0 Å². The molecule has 0 aliphatic rings. The third kappa shape index (κ3) is 7.08. The Bertz CT molecular complexity index is 551. The third-order valence-electron chi connectivity index (χ3n) is 4.26. The number of aliphatic hydroxyl groups excluding tert-OH is 1. The Hall–Kier alpha value is -1.95. The average Bonchev–Trinajstić information content (AvgIpc) is 2.55. The molecule has 134 valence electrons. The average molecular weight is 338 g/mol. The number of carbonyl (C=O) groups excluding carboxylic acids is 2. The molecule has 0 radical (unpaired) electrons. The molecule has 4 N–H and O–H groups in total. The topological polar surface area (TPSA) is 92.4 Å². The van der Waals surface area contributed by atoms with Crippen molar-refractivity contribution in [2.75, 3.05) is 7.05 Å². The number of benzene rings is 1. The van der Waals surface area contributed by atoms with Crippen molar-refractivity contribution >= 4 is 11.8 Å². The van der Waals surface area contributed by atoms with E-state index in [1.807, 2.05) is 0 Å². The summed E-state index contributed by atoms with van der Waals surface area (Å²) >= 11 is 0. The molecule has 1 aromatic rings. The zero-order chi connectivity index (χ0) is 18.1. The first-order chi connectivity index (χ1) is 11.3. The zero-order valence-electron chi connectivity index (χ0n) is 14.3. The van der Waals surface area contributed by atoms with Crippen LogP contribution in [0.25, 0.3) is 0 Å². The van der Waals surface area contributed by atoms with Crippen LogP contribution in [0.1, 0.15) is 38.2 Å². The molecule has 0 spiro atoms. The van der Waals surface area contributed by atoms with Crippen molar-refractivity contribution in [3.63, 3.8) is 0 Å². The monoisotopic (exact) mass is 338 g/mol. The Morgan fingerprint density at radius 2 is 2.00 bits per heavy atom. The van der Waals surface area contributed by atoms with E-state index in [2.05, 4.69) is 5.32 Å². The van der Waals surface area contributed by atoms with E-state index in [9.17, 15) is 19.1 Å². The number of nitrogens with two attached hydrogens (primary N) is 1. The minimum Gasteiger partial charge on any atom is -0.393 e. The highest BCUT2D eigenvalue weighted by molar-refractivity contribution is 5.79. The highest BCUT2D eigenvalue weighted by Gasteiger charge is 2.22. The second-order valence-electron chi connectivity index (χ2n) is 6.25. The van der Waals surface area contributed by atoms with Gasteiger partial charge in [0.25, 0.3) is 0 Å². The van der Waals surface area contributed by atoms with Crippen LogP contribution in [0, 0.1) is 17.7 Å². The standard InChI is InChI=1S/C18H27FN2O3/c1-12(17(20)23)6-8-14(18(24)21-2)11-16(22)9-7-13-4-3-5-15(19)10-13/h3-5,10,12,14,16,22H,6-9,11H2,1-2H3,(H2,20,23)(H,21,24)/t12?,14-,16+/m1/s1. The van der Waals surface area contributed by atoms with Gasteiger partial charge in [-0.3, -0.25) is 9.59 Å². The second kappa shape index (κ2) is 10.0. The SMILES string of the molecule is CNC(=O)[C@H](CCC(C)C(N)=O)C[C@@H](O)CCc1cccc(F)c1. The summed E-state index contributed by atoms with van der Waals surface area (Å²) in [6, 6.07) is 6.26. The number of aryl methyl sites for hydroxylation is 1. The molecular formula is C18H27FN2O3. The predicted octanol–water partition coefficient (Wildman–Crippen LogP) is 1.77. The van der Waals surface area contributed by atoms with Gasteiger partial charge in [0.15, 0.2) is 0 Å². The third-order valence-corrected chi connectivity index (χ3v) is 4.26. The molecule has 0 bridgehead atoms. The van der Waals surface area contributed by atoms with Gasteiger partial charge in [-0.05, 0) is 49.8 Å². The molecule has 0 aliphatic carbocycles. The maximum atomic E-state index is 13.1. The number of primary amides is 1. The Morgan fingerprint density at radius 3 is 2.58 bits per heavy atom. The van der Waals surface area contributed by atoms with Gasteiger partial charge in [0, 0.05) is 18.9 Å². The first-order valence-electron chi connectivity index (χ1n) is 8.26. The molecular weight excluding hydrogens is 311 g/mol. The first kappa shape index (κ1) is 20.1. The molecule has 0 aliphatic heterocycles. The lowest BCUT2D eigenvalue weighted by Crippen LogP contribution is -2.31. The van der Waals surface area contributed by atoms with Gasteiger partial charge in [0.1, 0.15) is 5.82 Å². The van der Waals surface area contributed by atoms with E-state index in [-0.39, 0.29) is 23.6 Å². The van der Waals surface area contributed by atoms with Crippen LogP contribution in [0.15, 0.2) is 24.3 Å². The lowest BCUT2D eigenvalue weighted by Gasteiger charge is -2.20. The number of aliphatic hydroxyl groups is 1. The fourth-order valence-corrected chi connectivity index (χ4v) is 2.63. The van der Waals surface area contributed by atoms with Crippen LogP contribution in [-0.4, -0.2) is 30.1 Å². The summed E-state index contributed by atoms with van der Waals surface area (Å²) in [6.07, 6.45) is 1.62. The molecule has 3 atom stereocenters. The van der Waals surface area contributed by atoms with Crippen molar-refractivity contribution < 1.29 is 19.1 Å². The van der Waals surface area contributed by atoms with E-state index in [0.717, 1.165) is 5.56 Å². The molecule has 0 saturated heterocycles. The maximum absolute atomic E-state index is 13.1. The van der Waals surface area contributed by atoms with E-state index in [0.29, 0.717) is 32.1 Å². The van der Waals surface area contributed by atoms with Crippen LogP contribution in [0.4, 0.5) is 4.39 Å². The van der Waals surface area contributed by atoms with Gasteiger partial charge in [0.05, 0.1) is 6.10 Å². The van der Waals surface area contributed by atoms with E-state index >= 15 is 0 Å². The Labute approximate surface area is 142 Å². The minimum atomic E-state index is -0.667. The van der Waals surface area contributed by atoms with E-state index < -0.39 is 12.0 Å². The number of hydrogen-bond acceptors (Lipinski definition) is 3. The highest BCUT2D eigenvalue weighted by Crippen LogP contribution is 2.20. The largest absolute Gasteiger partial charge is 0.393 e. The van der Waals surface area contributed by atoms with Gasteiger partial charge >= 0.3 is 0 Å². The normalized spacial score (nSPS) is 14.7. The summed E-state index contributed by atoms with van der Waals surface area (Å²) < 4.78 is 13.1. The lowest BCUT2D eigenvalue weighted by molar-refractivity contribution is -0.127. The molecule has 2 amide bonds. The summed E-state index contributed by atoms with van der Waals surface area (Å²) in [7, 11) is 1.55. The zero-order valence-corrected chi connectivity index (χ0v) is 14.3. The van der Waals surface area contributed by atoms with Crippen molar-refractivity contribution in [1.82, 2.24) is 5.32 Å². The van der Waals surface area contributed by atoms with Gasteiger partial charge in [-0.1, -0.05) is 19.1 Å². The molecule has 1 rings (SSSR count). The number of carbonyl (C=O) groups is 2. The van der Waals surface area contributed by atoms with Crippen LogP contribution in [0.5, 0.6) is 0 Å². The Kier molecular flexibility index (Phi) is 8.40. The first-order valence-corrected chi connectivity index (χ1v) is 8.26. The van der Waals surface area contributed by atoms with Gasteiger partial charge in [-0.15, -0.1) is 0 Å². The van der Waals surface area contributed by atoms with Crippen LogP contribution >= 0.6 is 0 Å². The van der Waals surface area contributed by atoms with Crippen molar-refractivity contribution in [1.29, 1.82) is 0 Å². The number of halogens is 1. The second-order valence-corrected chi connectivity index (χ2v) is 6.25. The summed E-state index contributed by atoms with van der Waals surface area (Å²) in [6.45, 7) is 1.73. The van der Waals surface area contributed by atoms with Crippen molar-refractivity contribution in [2.45, 2.75) is 45.1 Å². The van der Waals surface area contributed by atoms with Crippen molar-refractivity contribution in [3.8, 4) is 0 Å². The van der Waals surface area contributed by atoms with Gasteiger partial charge in [-0.2, -0.15) is 0 Å². The number of rotatable bonds is 10. The van der Waals surface area contributed by atoms with Gasteiger partial charge < -0.3 is 16.2 Å². The molecule has 0 aromatic heterocycles. The molecule has 0 saturated carbocycles. The fraction of sp³-hybridized carbons (Fsp3) is 0.556. The molecule has 1 unspecified atom stereocenters. The van der Waals surface area contributed by atoms with E-state index in [1.54, 1.807) is 26.1 Å². The van der Waals surface area contributed by atoms with Gasteiger partial charge in [0.2, 0.25) is 11.8 Å². The maximum Gasteiger partial charge on any atom is 0.222 e. The molecule has 6 heteroatoms. The quantitative estimate of drug-likeness (QED) is 0.607. The number of nitrogens with one attached hydrogen (secondary N) is 1. The predicted molar refractivity (Wildman–Crippen MR) is 90.5 cm³/mol. The lowest BCUT2D eigenvalue weighted by atomic mass is 9.90. The summed E-state index contributed by atoms with van der Waals surface area (Å²) in [5.74, 6) is -1.53.